The zero-order valence-electron chi connectivity index (χ0n) is 8.29. The Balaban J connectivity index is 2.77. The predicted molar refractivity (Wildman–Crippen MR) is 47.6 cm³/mol. The molecule has 0 spiro atoms. The second-order valence-electron chi connectivity index (χ2n) is 3.97. The first kappa shape index (κ1) is 10.9. The molecule has 14 heavy (non-hydrogen) atoms. The van der Waals surface area contributed by atoms with Crippen molar-refractivity contribution in [3.05, 3.63) is 0 Å². The number of halogens is 1. The third kappa shape index (κ3) is 2.02. The van der Waals surface area contributed by atoms with E-state index in [1.165, 1.54) is 0 Å². The van der Waals surface area contributed by atoms with Crippen LogP contribution in [-0.2, 0) is 9.59 Å². The molecule has 1 aliphatic rings. The second-order valence-corrected chi connectivity index (χ2v) is 3.97. The van der Waals surface area contributed by atoms with E-state index in [2.05, 4.69) is 0 Å². The molecule has 0 aromatic rings. The van der Waals surface area contributed by atoms with E-state index in [1.807, 2.05) is 0 Å². The first-order valence-electron chi connectivity index (χ1n) is 4.57. The Bertz CT molecular complexity index is 259. The Morgan fingerprint density at radius 2 is 2.07 bits per heavy atom. The number of carbonyl (C=O) groups excluding carboxylic acids is 1. The molecule has 1 rings (SSSR count). The standard InChI is InChI=1S/C9H14FNO3/c1-9(2,10)8(14)11-5-3-4-6(11)7(12)13/h6H,3-5H2,1-2H3,(H,12,13)/t6-/m0/s1. The monoisotopic (exact) mass is 203 g/mol. The summed E-state index contributed by atoms with van der Waals surface area (Å²) in [6.07, 6.45) is 1.04. The number of nitrogens with zero attached hydrogens (tertiary/aromatic N) is 1. The summed E-state index contributed by atoms with van der Waals surface area (Å²) in [5.41, 5.74) is -1.99. The number of carbonyl (C=O) groups is 2. The van der Waals surface area contributed by atoms with E-state index in [0.717, 1.165) is 18.7 Å². The average Bonchev–Trinajstić information content (AvgIpc) is 2.48. The molecule has 1 atom stereocenters. The van der Waals surface area contributed by atoms with Crippen molar-refractivity contribution in [2.75, 3.05) is 6.54 Å². The lowest BCUT2D eigenvalue weighted by Gasteiger charge is -2.26. The van der Waals surface area contributed by atoms with Crippen LogP contribution in [0.5, 0.6) is 0 Å². The van der Waals surface area contributed by atoms with Gasteiger partial charge in [0, 0.05) is 6.54 Å². The molecule has 0 unspecified atom stereocenters. The molecular formula is C9H14FNO3. The molecule has 0 bridgehead atoms. The van der Waals surface area contributed by atoms with Crippen molar-refractivity contribution in [2.45, 2.75) is 38.4 Å². The van der Waals surface area contributed by atoms with Crippen LogP contribution >= 0.6 is 0 Å². The fourth-order valence-electron chi connectivity index (χ4n) is 1.61. The van der Waals surface area contributed by atoms with Crippen molar-refractivity contribution in [1.29, 1.82) is 0 Å². The molecular weight excluding hydrogens is 189 g/mol. The van der Waals surface area contributed by atoms with Gasteiger partial charge in [-0.2, -0.15) is 0 Å². The molecule has 5 heteroatoms. The largest absolute Gasteiger partial charge is 0.480 e. The summed E-state index contributed by atoms with van der Waals surface area (Å²) in [5.74, 6) is -1.79. The van der Waals surface area contributed by atoms with Crippen molar-refractivity contribution in [1.82, 2.24) is 4.90 Å². The normalized spacial score (nSPS) is 22.5. The van der Waals surface area contributed by atoms with Crippen LogP contribution in [0.1, 0.15) is 26.7 Å². The molecule has 1 N–H and O–H groups in total. The summed E-state index contributed by atoms with van der Waals surface area (Å²) in [6, 6.07) is -0.850. The number of likely N-dealkylation sites (tertiary alicyclic amines) is 1. The van der Waals surface area contributed by atoms with Gasteiger partial charge in [-0.05, 0) is 26.7 Å². The zero-order valence-corrected chi connectivity index (χ0v) is 8.29. The van der Waals surface area contributed by atoms with Crippen molar-refractivity contribution < 1.29 is 19.1 Å². The summed E-state index contributed by atoms with van der Waals surface area (Å²) in [4.78, 5) is 23.3. The van der Waals surface area contributed by atoms with Crippen molar-refractivity contribution in [2.24, 2.45) is 0 Å². The predicted octanol–water partition coefficient (Wildman–Crippen LogP) is 0.810. The van der Waals surface area contributed by atoms with Gasteiger partial charge in [-0.15, -0.1) is 0 Å². The number of alkyl halides is 1. The van der Waals surface area contributed by atoms with Gasteiger partial charge in [0.25, 0.3) is 5.91 Å². The van der Waals surface area contributed by atoms with E-state index in [4.69, 9.17) is 5.11 Å². The van der Waals surface area contributed by atoms with Gasteiger partial charge in [-0.25, -0.2) is 9.18 Å². The van der Waals surface area contributed by atoms with Gasteiger partial charge >= 0.3 is 5.97 Å². The maximum Gasteiger partial charge on any atom is 0.326 e. The number of amides is 1. The first-order valence-corrected chi connectivity index (χ1v) is 4.57. The minimum Gasteiger partial charge on any atom is -0.480 e. The minimum atomic E-state index is -1.99. The smallest absolute Gasteiger partial charge is 0.326 e. The third-order valence-corrected chi connectivity index (χ3v) is 2.31. The highest BCUT2D eigenvalue weighted by Gasteiger charge is 2.40. The second kappa shape index (κ2) is 3.55. The number of carboxylic acids is 1. The number of hydrogen-bond donors (Lipinski definition) is 1. The van der Waals surface area contributed by atoms with Gasteiger partial charge in [0.1, 0.15) is 6.04 Å². The van der Waals surface area contributed by atoms with Crippen molar-refractivity contribution >= 4 is 11.9 Å². The van der Waals surface area contributed by atoms with Gasteiger partial charge in [0.2, 0.25) is 0 Å². The Kier molecular flexibility index (Phi) is 2.78. The van der Waals surface area contributed by atoms with E-state index in [9.17, 15) is 14.0 Å². The number of carboxylic acid groups (broad SMARTS) is 1. The third-order valence-electron chi connectivity index (χ3n) is 2.31. The molecule has 1 heterocycles. The van der Waals surface area contributed by atoms with Crippen molar-refractivity contribution in [3.63, 3.8) is 0 Å². The first-order chi connectivity index (χ1) is 6.34. The van der Waals surface area contributed by atoms with E-state index in [1.54, 1.807) is 0 Å². The maximum atomic E-state index is 13.3. The highest BCUT2D eigenvalue weighted by molar-refractivity contribution is 5.89. The minimum absolute atomic E-state index is 0.336. The molecule has 1 aliphatic heterocycles. The Labute approximate surface area is 81.7 Å². The van der Waals surface area contributed by atoms with Gasteiger partial charge in [-0.1, -0.05) is 0 Å². The van der Waals surface area contributed by atoms with Crippen LogP contribution in [0.15, 0.2) is 0 Å². The average molecular weight is 203 g/mol. The molecule has 1 saturated heterocycles. The SMILES string of the molecule is CC(C)(F)C(=O)N1CCC[C@H]1C(=O)O. The lowest BCUT2D eigenvalue weighted by Crippen LogP contribution is -2.47. The lowest BCUT2D eigenvalue weighted by molar-refractivity contribution is -0.152. The number of rotatable bonds is 2. The van der Waals surface area contributed by atoms with Crippen LogP contribution in [0.25, 0.3) is 0 Å². The fraction of sp³-hybridized carbons (Fsp3) is 0.778. The summed E-state index contributed by atoms with van der Waals surface area (Å²) >= 11 is 0. The topological polar surface area (TPSA) is 57.6 Å². The molecule has 0 aliphatic carbocycles. The van der Waals surface area contributed by atoms with Crippen LogP contribution in [0.4, 0.5) is 4.39 Å². The molecule has 1 fully saturated rings. The van der Waals surface area contributed by atoms with Crippen molar-refractivity contribution in [3.8, 4) is 0 Å². The summed E-state index contributed by atoms with van der Waals surface area (Å²) in [6.45, 7) is 2.63. The van der Waals surface area contributed by atoms with Crippen LogP contribution in [0.3, 0.4) is 0 Å². The molecule has 80 valence electrons. The quantitative estimate of drug-likeness (QED) is 0.722. The lowest BCUT2D eigenvalue weighted by atomic mass is 10.1. The maximum absolute atomic E-state index is 13.3. The summed E-state index contributed by atoms with van der Waals surface area (Å²) in [5, 5.41) is 8.78. The fourth-order valence-corrected chi connectivity index (χ4v) is 1.61. The Morgan fingerprint density at radius 3 is 2.50 bits per heavy atom. The molecule has 4 nitrogen and oxygen atoms in total. The van der Waals surface area contributed by atoms with Crippen LogP contribution < -0.4 is 0 Å². The number of hydrogen-bond acceptors (Lipinski definition) is 2. The highest BCUT2D eigenvalue weighted by Crippen LogP contribution is 2.23. The molecule has 0 aromatic carbocycles. The Hall–Kier alpha value is -1.13. The molecule has 0 aromatic heterocycles. The van der Waals surface area contributed by atoms with Crippen LogP contribution in [-0.4, -0.2) is 40.1 Å². The van der Waals surface area contributed by atoms with Gasteiger partial charge in [0.15, 0.2) is 5.67 Å². The van der Waals surface area contributed by atoms with Crippen LogP contribution in [0, 0.1) is 0 Å². The molecule has 0 saturated carbocycles. The molecule has 0 radical (unpaired) electrons. The zero-order chi connectivity index (χ0) is 10.9. The Morgan fingerprint density at radius 1 is 1.50 bits per heavy atom. The van der Waals surface area contributed by atoms with Gasteiger partial charge < -0.3 is 10.0 Å². The number of aliphatic carboxylic acids is 1. The van der Waals surface area contributed by atoms with Gasteiger partial charge in [0.05, 0.1) is 0 Å². The van der Waals surface area contributed by atoms with E-state index in [0.29, 0.717) is 19.4 Å². The van der Waals surface area contributed by atoms with E-state index >= 15 is 0 Å². The van der Waals surface area contributed by atoms with E-state index < -0.39 is 23.6 Å². The molecule has 1 amide bonds. The summed E-state index contributed by atoms with van der Waals surface area (Å²) in [7, 11) is 0. The highest BCUT2D eigenvalue weighted by atomic mass is 19.1. The van der Waals surface area contributed by atoms with E-state index in [-0.39, 0.29) is 0 Å². The summed E-state index contributed by atoms with van der Waals surface area (Å²) < 4.78 is 13.3. The van der Waals surface area contributed by atoms with Gasteiger partial charge in [-0.3, -0.25) is 4.79 Å². The van der Waals surface area contributed by atoms with Crippen LogP contribution in [0.2, 0.25) is 0 Å².